The molecule has 1 atom stereocenters. The van der Waals surface area contributed by atoms with Gasteiger partial charge in [0.05, 0.1) is 10.6 Å². The summed E-state index contributed by atoms with van der Waals surface area (Å²) in [4.78, 5) is 16.2. The first-order chi connectivity index (χ1) is 9.74. The highest BCUT2D eigenvalue weighted by Gasteiger charge is 2.30. The summed E-state index contributed by atoms with van der Waals surface area (Å²) in [6, 6.07) is 16.5. The Morgan fingerprint density at radius 1 is 1.05 bits per heavy atom. The van der Waals surface area contributed by atoms with Crippen LogP contribution in [-0.2, 0) is 16.0 Å². The lowest BCUT2D eigenvalue weighted by Gasteiger charge is -2.02. The molecule has 2 aromatic carbocycles. The zero-order valence-electron chi connectivity index (χ0n) is 10.6. The molecule has 0 saturated carbocycles. The average Bonchev–Trinajstić information content (AvgIpc) is 2.81. The van der Waals surface area contributed by atoms with Crippen LogP contribution in [0.3, 0.4) is 0 Å². The van der Waals surface area contributed by atoms with Crippen molar-refractivity contribution >= 4 is 23.5 Å². The SMILES string of the molecule is O=C1OC(c2ccccc2Cl)=NC1Cc1ccccc1. The van der Waals surface area contributed by atoms with Crippen LogP contribution in [0.2, 0.25) is 5.02 Å². The monoisotopic (exact) mass is 285 g/mol. The Balaban J connectivity index is 1.84. The van der Waals surface area contributed by atoms with Gasteiger partial charge in [-0.2, -0.15) is 0 Å². The topological polar surface area (TPSA) is 38.7 Å². The Bertz CT molecular complexity index is 667. The van der Waals surface area contributed by atoms with Crippen LogP contribution in [0, 0.1) is 0 Å². The molecule has 3 nitrogen and oxygen atoms in total. The summed E-state index contributed by atoms with van der Waals surface area (Å²) >= 11 is 6.09. The minimum atomic E-state index is -0.497. The van der Waals surface area contributed by atoms with Crippen molar-refractivity contribution in [3.63, 3.8) is 0 Å². The molecule has 0 amide bonds. The molecule has 0 bridgehead atoms. The van der Waals surface area contributed by atoms with Crippen molar-refractivity contribution in [1.29, 1.82) is 0 Å². The van der Waals surface area contributed by atoms with Crippen LogP contribution in [0.1, 0.15) is 11.1 Å². The van der Waals surface area contributed by atoms with Gasteiger partial charge >= 0.3 is 5.97 Å². The summed E-state index contributed by atoms with van der Waals surface area (Å²) < 4.78 is 5.24. The number of hydrogen-bond acceptors (Lipinski definition) is 3. The lowest BCUT2D eigenvalue weighted by molar-refractivity contribution is -0.134. The van der Waals surface area contributed by atoms with E-state index in [0.717, 1.165) is 5.56 Å². The van der Waals surface area contributed by atoms with Gasteiger partial charge in [-0.3, -0.25) is 0 Å². The molecule has 1 aliphatic heterocycles. The number of carbonyl (C=O) groups excluding carboxylic acids is 1. The van der Waals surface area contributed by atoms with Gasteiger partial charge in [0.2, 0.25) is 5.90 Å². The first kappa shape index (κ1) is 12.9. The summed E-state index contributed by atoms with van der Waals surface area (Å²) in [6.07, 6.45) is 0.535. The summed E-state index contributed by atoms with van der Waals surface area (Å²) in [7, 11) is 0. The maximum absolute atomic E-state index is 11.9. The van der Waals surface area contributed by atoms with Crippen LogP contribution in [0.15, 0.2) is 59.6 Å². The zero-order valence-corrected chi connectivity index (χ0v) is 11.4. The number of cyclic esters (lactones) is 1. The van der Waals surface area contributed by atoms with Gasteiger partial charge in [0, 0.05) is 6.42 Å². The number of rotatable bonds is 3. The minimum absolute atomic E-state index is 0.307. The fraction of sp³-hybridized carbons (Fsp3) is 0.125. The number of aliphatic imine (C=N–C) groups is 1. The molecule has 0 aromatic heterocycles. The summed E-state index contributed by atoms with van der Waals surface area (Å²) in [5, 5.41) is 0.527. The van der Waals surface area contributed by atoms with Gasteiger partial charge in [-0.1, -0.05) is 54.1 Å². The first-order valence-electron chi connectivity index (χ1n) is 6.32. The molecule has 0 N–H and O–H groups in total. The van der Waals surface area contributed by atoms with Crippen molar-refractivity contribution in [3.05, 3.63) is 70.7 Å². The highest BCUT2D eigenvalue weighted by molar-refractivity contribution is 6.34. The lowest BCUT2D eigenvalue weighted by atomic mass is 10.1. The third-order valence-corrected chi connectivity index (χ3v) is 3.45. The van der Waals surface area contributed by atoms with Crippen molar-refractivity contribution in [3.8, 4) is 0 Å². The summed E-state index contributed by atoms with van der Waals surface area (Å²) in [6.45, 7) is 0. The van der Waals surface area contributed by atoms with Crippen molar-refractivity contribution in [1.82, 2.24) is 0 Å². The number of carbonyl (C=O) groups is 1. The third kappa shape index (κ3) is 2.58. The van der Waals surface area contributed by atoms with E-state index in [9.17, 15) is 4.79 Å². The standard InChI is InChI=1S/C16H12ClNO2/c17-13-9-5-4-8-12(13)15-18-14(16(19)20-15)10-11-6-2-1-3-7-11/h1-9,14H,10H2. The second kappa shape index (κ2) is 5.47. The molecule has 1 aliphatic rings. The smallest absolute Gasteiger partial charge is 0.338 e. The van der Waals surface area contributed by atoms with Gasteiger partial charge in [0.1, 0.15) is 0 Å². The Kier molecular flexibility index (Phi) is 3.52. The molecule has 20 heavy (non-hydrogen) atoms. The molecule has 100 valence electrons. The van der Waals surface area contributed by atoms with Crippen molar-refractivity contribution < 1.29 is 9.53 Å². The maximum Gasteiger partial charge on any atom is 0.338 e. The number of benzene rings is 2. The van der Waals surface area contributed by atoms with Crippen LogP contribution in [0.4, 0.5) is 0 Å². The fourth-order valence-electron chi connectivity index (χ4n) is 2.11. The number of nitrogens with zero attached hydrogens (tertiary/aromatic N) is 1. The van der Waals surface area contributed by atoms with E-state index >= 15 is 0 Å². The number of esters is 1. The number of halogens is 1. The molecular weight excluding hydrogens is 274 g/mol. The van der Waals surface area contributed by atoms with E-state index in [1.807, 2.05) is 42.5 Å². The molecule has 0 aliphatic carbocycles. The van der Waals surface area contributed by atoms with Crippen molar-refractivity contribution in [2.24, 2.45) is 4.99 Å². The predicted octanol–water partition coefficient (Wildman–Crippen LogP) is 3.25. The van der Waals surface area contributed by atoms with Gasteiger partial charge in [-0.05, 0) is 17.7 Å². The molecule has 2 aromatic rings. The molecule has 1 heterocycles. The minimum Gasteiger partial charge on any atom is -0.406 e. The van der Waals surface area contributed by atoms with E-state index in [4.69, 9.17) is 16.3 Å². The second-order valence-electron chi connectivity index (χ2n) is 4.54. The Hall–Kier alpha value is -2.13. The van der Waals surface area contributed by atoms with E-state index in [-0.39, 0.29) is 5.97 Å². The van der Waals surface area contributed by atoms with Crippen molar-refractivity contribution in [2.75, 3.05) is 0 Å². The largest absolute Gasteiger partial charge is 0.406 e. The van der Waals surface area contributed by atoms with Crippen LogP contribution in [0.25, 0.3) is 0 Å². The van der Waals surface area contributed by atoms with Crippen LogP contribution < -0.4 is 0 Å². The van der Waals surface area contributed by atoms with Crippen LogP contribution in [0.5, 0.6) is 0 Å². The Morgan fingerprint density at radius 3 is 2.50 bits per heavy atom. The first-order valence-corrected chi connectivity index (χ1v) is 6.70. The van der Waals surface area contributed by atoms with Gasteiger partial charge in [-0.15, -0.1) is 0 Å². The van der Waals surface area contributed by atoms with Crippen molar-refractivity contribution in [2.45, 2.75) is 12.5 Å². The normalized spacial score (nSPS) is 17.8. The quantitative estimate of drug-likeness (QED) is 0.812. The molecule has 0 saturated heterocycles. The number of hydrogen-bond donors (Lipinski definition) is 0. The van der Waals surface area contributed by atoms with E-state index in [2.05, 4.69) is 4.99 Å². The van der Waals surface area contributed by atoms with Gasteiger partial charge in [-0.25, -0.2) is 9.79 Å². The molecule has 0 spiro atoms. The summed E-state index contributed by atoms with van der Waals surface area (Å²) in [5.41, 5.74) is 1.71. The average molecular weight is 286 g/mol. The Labute approximate surface area is 121 Å². The van der Waals surface area contributed by atoms with Gasteiger partial charge < -0.3 is 4.74 Å². The molecule has 0 radical (unpaired) electrons. The van der Waals surface area contributed by atoms with Crippen LogP contribution in [-0.4, -0.2) is 17.9 Å². The third-order valence-electron chi connectivity index (χ3n) is 3.12. The predicted molar refractivity (Wildman–Crippen MR) is 78.0 cm³/mol. The van der Waals surface area contributed by atoms with Gasteiger partial charge in [0.15, 0.2) is 6.04 Å². The Morgan fingerprint density at radius 2 is 1.75 bits per heavy atom. The molecule has 3 rings (SSSR count). The molecule has 4 heteroatoms. The van der Waals surface area contributed by atoms with E-state index in [1.165, 1.54) is 0 Å². The fourth-order valence-corrected chi connectivity index (χ4v) is 2.33. The molecular formula is C16H12ClNO2. The van der Waals surface area contributed by atoms with Crippen LogP contribution >= 0.6 is 11.6 Å². The molecule has 0 fully saturated rings. The van der Waals surface area contributed by atoms with Gasteiger partial charge in [0.25, 0.3) is 0 Å². The zero-order chi connectivity index (χ0) is 13.9. The molecule has 1 unspecified atom stereocenters. The highest BCUT2D eigenvalue weighted by atomic mass is 35.5. The second-order valence-corrected chi connectivity index (χ2v) is 4.95. The van der Waals surface area contributed by atoms with E-state index in [1.54, 1.807) is 12.1 Å². The number of ether oxygens (including phenoxy) is 1. The van der Waals surface area contributed by atoms with E-state index in [0.29, 0.717) is 22.9 Å². The maximum atomic E-state index is 11.9. The highest BCUT2D eigenvalue weighted by Crippen LogP contribution is 2.22. The summed E-state index contributed by atoms with van der Waals surface area (Å²) in [5.74, 6) is -0.0229. The lowest BCUT2D eigenvalue weighted by Crippen LogP contribution is -2.17. The van der Waals surface area contributed by atoms with E-state index < -0.39 is 6.04 Å².